The average Bonchev–Trinajstić information content (AvgIpc) is 2.66. The molecule has 0 aliphatic carbocycles. The second-order valence-electron chi connectivity index (χ2n) is 3.50. The Bertz CT molecular complexity index is 275. The summed E-state index contributed by atoms with van der Waals surface area (Å²) in [7, 11) is 2.08. The van der Waals surface area contributed by atoms with Gasteiger partial charge in [-0.15, -0.1) is 0 Å². The molecule has 1 rings (SSSR count). The number of rotatable bonds is 7. The summed E-state index contributed by atoms with van der Waals surface area (Å²) in [6, 6.07) is 4.08. The summed E-state index contributed by atoms with van der Waals surface area (Å²) in [6.07, 6.45) is 0. The van der Waals surface area contributed by atoms with Crippen LogP contribution in [0.4, 0.5) is 0 Å². The van der Waals surface area contributed by atoms with Gasteiger partial charge in [0.25, 0.3) is 0 Å². The second-order valence-corrected chi connectivity index (χ2v) is 4.61. The summed E-state index contributed by atoms with van der Waals surface area (Å²) in [5.74, 6) is 3.81. The Morgan fingerprint density at radius 1 is 1.40 bits per heavy atom. The molecule has 0 aliphatic heterocycles. The van der Waals surface area contributed by atoms with Crippen molar-refractivity contribution in [1.82, 2.24) is 10.6 Å². The van der Waals surface area contributed by atoms with Gasteiger partial charge < -0.3 is 4.42 Å². The highest BCUT2D eigenvalue weighted by Gasteiger charge is 2.04. The Morgan fingerprint density at radius 2 is 2.13 bits per heavy atom. The largest absolute Gasteiger partial charge is 0.464 e. The number of nitrogens with zero attached hydrogens (tertiary/aromatic N) is 1. The molecule has 0 aliphatic rings. The van der Waals surface area contributed by atoms with Crippen molar-refractivity contribution in [1.29, 1.82) is 0 Å². The molecule has 0 amide bonds. The Hall–Kier alpha value is -0.450. The van der Waals surface area contributed by atoms with Crippen LogP contribution in [-0.4, -0.2) is 30.8 Å². The van der Waals surface area contributed by atoms with Crippen LogP contribution < -0.4 is 5.73 Å². The summed E-state index contributed by atoms with van der Waals surface area (Å²) < 4.78 is 5.68. The highest BCUT2D eigenvalue weighted by Crippen LogP contribution is 2.15. The van der Waals surface area contributed by atoms with Crippen molar-refractivity contribution in [3.05, 3.63) is 23.7 Å². The molecular formula is C11H19N2OS. The first-order chi connectivity index (χ1) is 7.26. The Kier molecular flexibility index (Phi) is 5.83. The maximum absolute atomic E-state index is 7.03. The predicted molar refractivity (Wildman–Crippen MR) is 64.8 cm³/mol. The van der Waals surface area contributed by atoms with Gasteiger partial charge in [0.2, 0.25) is 0 Å². The van der Waals surface area contributed by atoms with Gasteiger partial charge in [0, 0.05) is 12.3 Å². The molecule has 0 saturated carbocycles. The van der Waals surface area contributed by atoms with Gasteiger partial charge in [-0.3, -0.25) is 10.6 Å². The molecule has 4 heteroatoms. The van der Waals surface area contributed by atoms with Crippen molar-refractivity contribution in [2.45, 2.75) is 19.2 Å². The van der Waals surface area contributed by atoms with E-state index in [9.17, 15) is 0 Å². The number of thioether (sulfide) groups is 1. The van der Waals surface area contributed by atoms with E-state index in [0.29, 0.717) is 6.54 Å². The van der Waals surface area contributed by atoms with E-state index >= 15 is 0 Å². The number of hydrogen-bond acceptors (Lipinski definition) is 3. The van der Waals surface area contributed by atoms with Crippen LogP contribution in [0.1, 0.15) is 18.4 Å². The van der Waals surface area contributed by atoms with E-state index in [0.717, 1.165) is 36.1 Å². The molecule has 1 heterocycles. The van der Waals surface area contributed by atoms with Crippen molar-refractivity contribution in [2.24, 2.45) is 0 Å². The zero-order valence-corrected chi connectivity index (χ0v) is 10.3. The Labute approximate surface area is 96.0 Å². The van der Waals surface area contributed by atoms with Crippen LogP contribution >= 0.6 is 11.8 Å². The summed E-state index contributed by atoms with van der Waals surface area (Å²) in [6.45, 7) is 4.52. The lowest BCUT2D eigenvalue weighted by atomic mass is 10.4. The molecule has 0 saturated heterocycles. The molecule has 0 unspecified atom stereocenters. The monoisotopic (exact) mass is 227 g/mol. The summed E-state index contributed by atoms with van der Waals surface area (Å²) >= 11 is 1.75. The van der Waals surface area contributed by atoms with Crippen LogP contribution in [0, 0.1) is 0 Å². The highest BCUT2D eigenvalue weighted by atomic mass is 32.2. The molecule has 85 valence electrons. The molecule has 1 radical (unpaired) electrons. The molecule has 0 atom stereocenters. The molecular weight excluding hydrogens is 208 g/mol. The normalized spacial score (nSPS) is 11.2. The third-order valence-corrected chi connectivity index (χ3v) is 3.16. The number of nitrogens with one attached hydrogen (secondary N) is 1. The van der Waals surface area contributed by atoms with Crippen LogP contribution in [0.3, 0.4) is 0 Å². The minimum Gasteiger partial charge on any atom is -0.464 e. The smallest absolute Gasteiger partial charge is 0.118 e. The van der Waals surface area contributed by atoms with E-state index in [1.54, 1.807) is 11.8 Å². The van der Waals surface area contributed by atoms with Crippen molar-refractivity contribution < 1.29 is 4.42 Å². The maximum atomic E-state index is 7.03. The minimum absolute atomic E-state index is 0.483. The van der Waals surface area contributed by atoms with Crippen molar-refractivity contribution >= 4 is 11.8 Å². The SMILES string of the molecule is CCN(C)Cc1ccc(CSCC[NH])o1. The second kappa shape index (κ2) is 6.93. The lowest BCUT2D eigenvalue weighted by molar-refractivity contribution is 0.305. The van der Waals surface area contributed by atoms with Gasteiger partial charge in [-0.25, -0.2) is 0 Å². The van der Waals surface area contributed by atoms with E-state index in [1.165, 1.54) is 0 Å². The molecule has 0 spiro atoms. The molecule has 15 heavy (non-hydrogen) atoms. The molecule has 0 fully saturated rings. The van der Waals surface area contributed by atoms with Crippen molar-refractivity contribution in [2.75, 3.05) is 25.9 Å². The summed E-state index contributed by atoms with van der Waals surface area (Å²) in [4.78, 5) is 2.21. The fraction of sp³-hybridized carbons (Fsp3) is 0.636. The van der Waals surface area contributed by atoms with Gasteiger partial charge in [-0.1, -0.05) is 6.92 Å². The predicted octanol–water partition coefficient (Wildman–Crippen LogP) is 2.25. The van der Waals surface area contributed by atoms with Gasteiger partial charge in [-0.2, -0.15) is 11.8 Å². The van der Waals surface area contributed by atoms with Crippen LogP contribution in [0.25, 0.3) is 0 Å². The lowest BCUT2D eigenvalue weighted by Crippen LogP contribution is -2.16. The lowest BCUT2D eigenvalue weighted by Gasteiger charge is -2.10. The quantitative estimate of drug-likeness (QED) is 0.671. The number of hydrogen-bond donors (Lipinski definition) is 0. The highest BCUT2D eigenvalue weighted by molar-refractivity contribution is 7.98. The summed E-state index contributed by atoms with van der Waals surface area (Å²) in [5, 5.41) is 0. The summed E-state index contributed by atoms with van der Waals surface area (Å²) in [5.41, 5.74) is 7.03. The molecule has 1 aromatic rings. The van der Waals surface area contributed by atoms with Crippen LogP contribution in [0.5, 0.6) is 0 Å². The molecule has 1 aromatic heterocycles. The fourth-order valence-electron chi connectivity index (χ4n) is 1.21. The standard InChI is InChI=1S/C11H19N2OS/c1-3-13(2)8-10-4-5-11(14-10)9-15-7-6-12/h4-5,12H,3,6-9H2,1-2H3. The van der Waals surface area contributed by atoms with E-state index in [2.05, 4.69) is 18.9 Å². The van der Waals surface area contributed by atoms with E-state index < -0.39 is 0 Å². The molecule has 0 aromatic carbocycles. The molecule has 0 bridgehead atoms. The Morgan fingerprint density at radius 3 is 2.80 bits per heavy atom. The van der Waals surface area contributed by atoms with Gasteiger partial charge in [0.15, 0.2) is 0 Å². The Balaban J connectivity index is 2.35. The third kappa shape index (κ3) is 4.73. The van der Waals surface area contributed by atoms with E-state index in [4.69, 9.17) is 10.2 Å². The maximum Gasteiger partial charge on any atom is 0.118 e. The molecule has 3 nitrogen and oxygen atoms in total. The topological polar surface area (TPSA) is 40.2 Å². The number of furan rings is 1. The zero-order valence-electron chi connectivity index (χ0n) is 9.45. The first-order valence-corrected chi connectivity index (χ1v) is 6.40. The zero-order chi connectivity index (χ0) is 11.1. The first kappa shape index (κ1) is 12.6. The van der Waals surface area contributed by atoms with Gasteiger partial charge >= 0.3 is 0 Å². The molecule has 1 N–H and O–H groups in total. The van der Waals surface area contributed by atoms with Gasteiger partial charge in [0.1, 0.15) is 11.5 Å². The van der Waals surface area contributed by atoms with Crippen LogP contribution in [0.15, 0.2) is 16.5 Å². The van der Waals surface area contributed by atoms with Crippen molar-refractivity contribution in [3.8, 4) is 0 Å². The average molecular weight is 227 g/mol. The third-order valence-electron chi connectivity index (χ3n) is 2.17. The van der Waals surface area contributed by atoms with Crippen LogP contribution in [0.2, 0.25) is 0 Å². The van der Waals surface area contributed by atoms with Gasteiger partial charge in [-0.05, 0) is 25.7 Å². The fourth-order valence-corrected chi connectivity index (χ4v) is 1.85. The van der Waals surface area contributed by atoms with E-state index in [-0.39, 0.29) is 0 Å². The first-order valence-electron chi connectivity index (χ1n) is 5.24. The van der Waals surface area contributed by atoms with Crippen molar-refractivity contribution in [3.63, 3.8) is 0 Å². The van der Waals surface area contributed by atoms with Crippen LogP contribution in [-0.2, 0) is 12.3 Å². The van der Waals surface area contributed by atoms with Gasteiger partial charge in [0.05, 0.1) is 12.3 Å². The van der Waals surface area contributed by atoms with E-state index in [1.807, 2.05) is 12.1 Å². The minimum atomic E-state index is 0.483.